The van der Waals surface area contributed by atoms with Gasteiger partial charge in [0.1, 0.15) is 5.75 Å². The van der Waals surface area contributed by atoms with Crippen LogP contribution >= 0.6 is 0 Å². The molecule has 4 heteroatoms. The van der Waals surface area contributed by atoms with E-state index in [0.29, 0.717) is 13.3 Å². The lowest BCUT2D eigenvalue weighted by Gasteiger charge is -2.19. The van der Waals surface area contributed by atoms with Crippen LogP contribution in [0.5, 0.6) is 17.2 Å². The molecule has 116 valence electrons. The summed E-state index contributed by atoms with van der Waals surface area (Å²) in [4.78, 5) is 0. The molecule has 0 aliphatic carbocycles. The van der Waals surface area contributed by atoms with Crippen LogP contribution in [0.15, 0.2) is 36.4 Å². The average molecular weight is 299 g/mol. The average Bonchev–Trinajstić information content (AvgIpc) is 3.00. The van der Waals surface area contributed by atoms with E-state index in [1.165, 1.54) is 11.1 Å². The third-order valence-electron chi connectivity index (χ3n) is 4.03. The Hall–Kier alpha value is -2.20. The van der Waals surface area contributed by atoms with Crippen molar-refractivity contribution in [1.82, 2.24) is 0 Å². The Balaban J connectivity index is 1.87. The van der Waals surface area contributed by atoms with Gasteiger partial charge >= 0.3 is 0 Å². The first kappa shape index (κ1) is 14.7. The van der Waals surface area contributed by atoms with Gasteiger partial charge in [-0.2, -0.15) is 0 Å². The molecule has 0 radical (unpaired) electrons. The number of benzene rings is 2. The zero-order chi connectivity index (χ0) is 15.5. The maximum atomic E-state index is 6.03. The molecule has 1 unspecified atom stereocenters. The van der Waals surface area contributed by atoms with Gasteiger partial charge in [-0.05, 0) is 49.2 Å². The predicted octanol–water partition coefficient (Wildman–Crippen LogP) is 3.02. The summed E-state index contributed by atoms with van der Waals surface area (Å²) < 4.78 is 16.3. The summed E-state index contributed by atoms with van der Waals surface area (Å²) in [5.74, 6) is 2.71. The molecule has 2 N–H and O–H groups in total. The van der Waals surface area contributed by atoms with Crippen molar-refractivity contribution >= 4 is 0 Å². The van der Waals surface area contributed by atoms with E-state index in [0.717, 1.165) is 29.2 Å². The van der Waals surface area contributed by atoms with Crippen molar-refractivity contribution < 1.29 is 14.2 Å². The summed E-state index contributed by atoms with van der Waals surface area (Å²) in [6.07, 6.45) is 0.840. The van der Waals surface area contributed by atoms with Crippen LogP contribution in [0.3, 0.4) is 0 Å². The molecule has 0 saturated heterocycles. The highest BCUT2D eigenvalue weighted by molar-refractivity contribution is 5.46. The third-order valence-corrected chi connectivity index (χ3v) is 4.03. The molecule has 0 aromatic heterocycles. The van der Waals surface area contributed by atoms with E-state index >= 15 is 0 Å². The van der Waals surface area contributed by atoms with Gasteiger partial charge < -0.3 is 19.9 Å². The molecular formula is C18H21NO3. The second kappa shape index (κ2) is 6.28. The fraction of sp³-hybridized carbons (Fsp3) is 0.333. The van der Waals surface area contributed by atoms with E-state index in [2.05, 4.69) is 25.1 Å². The van der Waals surface area contributed by atoms with Crippen LogP contribution in [0.25, 0.3) is 0 Å². The zero-order valence-electron chi connectivity index (χ0n) is 13.0. The fourth-order valence-corrected chi connectivity index (χ4v) is 2.85. The van der Waals surface area contributed by atoms with Crippen LogP contribution < -0.4 is 19.9 Å². The Bertz CT molecular complexity index is 669. The van der Waals surface area contributed by atoms with E-state index in [9.17, 15) is 0 Å². The molecule has 0 bridgehead atoms. The molecule has 1 aliphatic heterocycles. The van der Waals surface area contributed by atoms with Gasteiger partial charge in [0.05, 0.1) is 7.11 Å². The first-order valence-electron chi connectivity index (χ1n) is 7.44. The highest BCUT2D eigenvalue weighted by Gasteiger charge is 2.18. The molecule has 0 fully saturated rings. The van der Waals surface area contributed by atoms with Gasteiger partial charge in [0.15, 0.2) is 11.5 Å². The maximum absolute atomic E-state index is 6.03. The quantitative estimate of drug-likeness (QED) is 0.922. The molecular weight excluding hydrogens is 278 g/mol. The number of rotatable bonds is 5. The summed E-state index contributed by atoms with van der Waals surface area (Å²) in [5.41, 5.74) is 9.57. The summed E-state index contributed by atoms with van der Waals surface area (Å²) >= 11 is 0. The van der Waals surface area contributed by atoms with Gasteiger partial charge in [-0.3, -0.25) is 0 Å². The number of nitrogens with two attached hydrogens (primary N) is 1. The lowest BCUT2D eigenvalue weighted by atomic mass is 9.90. The molecule has 2 aromatic carbocycles. The molecule has 0 amide bonds. The molecule has 1 atom stereocenters. The van der Waals surface area contributed by atoms with E-state index in [-0.39, 0.29) is 5.92 Å². The van der Waals surface area contributed by atoms with Gasteiger partial charge in [0.25, 0.3) is 0 Å². The zero-order valence-corrected chi connectivity index (χ0v) is 13.0. The molecule has 2 aromatic rings. The van der Waals surface area contributed by atoms with E-state index < -0.39 is 0 Å². The summed E-state index contributed by atoms with van der Waals surface area (Å²) in [7, 11) is 1.70. The summed E-state index contributed by atoms with van der Waals surface area (Å²) in [6, 6.07) is 12.3. The Morgan fingerprint density at radius 2 is 1.95 bits per heavy atom. The third kappa shape index (κ3) is 2.88. The smallest absolute Gasteiger partial charge is 0.231 e. The van der Waals surface area contributed by atoms with Crippen molar-refractivity contribution in [3.63, 3.8) is 0 Å². The van der Waals surface area contributed by atoms with Crippen LogP contribution in [0.2, 0.25) is 0 Å². The van der Waals surface area contributed by atoms with Crippen LogP contribution in [0.4, 0.5) is 0 Å². The monoisotopic (exact) mass is 299 g/mol. The lowest BCUT2D eigenvalue weighted by molar-refractivity contribution is 0.174. The largest absolute Gasteiger partial charge is 0.496 e. The predicted molar refractivity (Wildman–Crippen MR) is 85.8 cm³/mol. The van der Waals surface area contributed by atoms with E-state index in [1.807, 2.05) is 18.2 Å². The maximum Gasteiger partial charge on any atom is 0.231 e. The van der Waals surface area contributed by atoms with E-state index in [4.69, 9.17) is 19.9 Å². The van der Waals surface area contributed by atoms with Crippen molar-refractivity contribution in [2.75, 3.05) is 20.4 Å². The number of aryl methyl sites for hydroxylation is 1. The van der Waals surface area contributed by atoms with Gasteiger partial charge in [-0.15, -0.1) is 0 Å². The Kier molecular flexibility index (Phi) is 4.20. The van der Waals surface area contributed by atoms with Crippen LogP contribution in [-0.2, 0) is 6.42 Å². The minimum Gasteiger partial charge on any atom is -0.496 e. The van der Waals surface area contributed by atoms with Crippen LogP contribution in [0.1, 0.15) is 22.6 Å². The van der Waals surface area contributed by atoms with E-state index in [1.54, 1.807) is 7.11 Å². The second-order valence-corrected chi connectivity index (χ2v) is 5.57. The topological polar surface area (TPSA) is 53.7 Å². The fourth-order valence-electron chi connectivity index (χ4n) is 2.85. The first-order valence-corrected chi connectivity index (χ1v) is 7.44. The molecule has 1 heterocycles. The summed E-state index contributed by atoms with van der Waals surface area (Å²) in [5, 5.41) is 0. The van der Waals surface area contributed by atoms with Crippen molar-refractivity contribution in [2.45, 2.75) is 19.3 Å². The van der Waals surface area contributed by atoms with Crippen molar-refractivity contribution in [3.8, 4) is 17.2 Å². The lowest BCUT2D eigenvalue weighted by Crippen LogP contribution is -2.16. The SMILES string of the molecule is COc1ccc(C)cc1C(CN)Cc1ccc2c(c1)OCO2. The van der Waals surface area contributed by atoms with Gasteiger partial charge in [0, 0.05) is 5.92 Å². The Labute approximate surface area is 130 Å². The number of fused-ring (bicyclic) bond motifs is 1. The number of ether oxygens (including phenoxy) is 3. The Morgan fingerprint density at radius 1 is 1.14 bits per heavy atom. The number of hydrogen-bond acceptors (Lipinski definition) is 4. The number of methoxy groups -OCH3 is 1. The van der Waals surface area contributed by atoms with Crippen LogP contribution in [-0.4, -0.2) is 20.4 Å². The van der Waals surface area contributed by atoms with Crippen molar-refractivity contribution in [1.29, 1.82) is 0 Å². The molecule has 0 spiro atoms. The molecule has 22 heavy (non-hydrogen) atoms. The first-order chi connectivity index (χ1) is 10.7. The standard InChI is InChI=1S/C18H21NO3/c1-12-3-5-16(20-2)15(7-12)14(10-19)8-13-4-6-17-18(9-13)22-11-21-17/h3-7,9,14H,8,10-11,19H2,1-2H3. The van der Waals surface area contributed by atoms with Crippen LogP contribution in [0, 0.1) is 6.92 Å². The normalized spacial score (nSPS) is 14.0. The molecule has 0 saturated carbocycles. The highest BCUT2D eigenvalue weighted by atomic mass is 16.7. The summed E-state index contributed by atoms with van der Waals surface area (Å²) in [6.45, 7) is 2.94. The second-order valence-electron chi connectivity index (χ2n) is 5.57. The molecule has 4 nitrogen and oxygen atoms in total. The van der Waals surface area contributed by atoms with Crippen molar-refractivity contribution in [2.24, 2.45) is 5.73 Å². The molecule has 1 aliphatic rings. The van der Waals surface area contributed by atoms with Gasteiger partial charge in [0.2, 0.25) is 6.79 Å². The highest BCUT2D eigenvalue weighted by Crippen LogP contribution is 2.35. The van der Waals surface area contributed by atoms with Gasteiger partial charge in [-0.1, -0.05) is 23.8 Å². The number of hydrogen-bond donors (Lipinski definition) is 1. The van der Waals surface area contributed by atoms with Crippen molar-refractivity contribution in [3.05, 3.63) is 53.1 Å². The minimum absolute atomic E-state index is 0.204. The Morgan fingerprint density at radius 3 is 2.73 bits per heavy atom. The minimum atomic E-state index is 0.204. The molecule has 3 rings (SSSR count). The van der Waals surface area contributed by atoms with Gasteiger partial charge in [-0.25, -0.2) is 0 Å².